The lowest BCUT2D eigenvalue weighted by Crippen LogP contribution is -2.20. The minimum absolute atomic E-state index is 0.0642. The third-order valence-electron chi connectivity index (χ3n) is 2.63. The first-order valence-corrected chi connectivity index (χ1v) is 5.27. The summed E-state index contributed by atoms with van der Waals surface area (Å²) in [5.74, 6) is 0.767. The molecule has 0 aromatic carbocycles. The van der Waals surface area contributed by atoms with E-state index in [0.717, 1.165) is 21.6 Å². The summed E-state index contributed by atoms with van der Waals surface area (Å²) in [6.45, 7) is 5.86. The Hall–Kier alpha value is -1.16. The van der Waals surface area contributed by atoms with E-state index in [9.17, 15) is 4.79 Å². The molecule has 0 bridgehead atoms. The summed E-state index contributed by atoms with van der Waals surface area (Å²) in [4.78, 5) is 18.3. The molecule has 0 aliphatic carbocycles. The molecule has 0 amide bonds. The van der Waals surface area contributed by atoms with Crippen LogP contribution in [0.1, 0.15) is 16.3 Å². The number of rotatable bonds is 0. The van der Waals surface area contributed by atoms with Crippen LogP contribution in [0.4, 0.5) is 0 Å². The van der Waals surface area contributed by atoms with E-state index in [1.54, 1.807) is 23.0 Å². The lowest BCUT2D eigenvalue weighted by molar-refractivity contribution is 0.793. The van der Waals surface area contributed by atoms with Crippen molar-refractivity contribution in [2.45, 2.75) is 20.8 Å². The first-order chi connectivity index (χ1) is 6.52. The zero-order valence-corrected chi connectivity index (χ0v) is 9.53. The molecule has 0 saturated carbocycles. The molecule has 4 heteroatoms. The molecule has 0 aliphatic rings. The molecule has 0 atom stereocenters. The number of aromatic nitrogens is 2. The lowest BCUT2D eigenvalue weighted by atomic mass is 10.2. The van der Waals surface area contributed by atoms with Gasteiger partial charge in [-0.25, -0.2) is 4.98 Å². The average molecular weight is 208 g/mol. The molecular formula is C10H12N2OS. The monoisotopic (exact) mass is 208 g/mol. The van der Waals surface area contributed by atoms with E-state index >= 15 is 0 Å². The molecule has 3 nitrogen and oxygen atoms in total. The first kappa shape index (κ1) is 9.40. The van der Waals surface area contributed by atoms with E-state index in [4.69, 9.17) is 0 Å². The highest BCUT2D eigenvalue weighted by molar-refractivity contribution is 7.18. The standard InChI is InChI=1S/C10H12N2OS/c1-5-6(2)14-9-8(5)10(13)12(4)7(3)11-9/h1-4H3. The molecule has 2 aromatic rings. The van der Waals surface area contributed by atoms with Gasteiger partial charge in [0.15, 0.2) is 0 Å². The maximum Gasteiger partial charge on any atom is 0.262 e. The zero-order valence-electron chi connectivity index (χ0n) is 8.71. The molecule has 0 aliphatic heterocycles. The number of fused-ring (bicyclic) bond motifs is 1. The molecule has 0 saturated heterocycles. The molecule has 14 heavy (non-hydrogen) atoms. The number of hydrogen-bond acceptors (Lipinski definition) is 3. The minimum atomic E-state index is 0.0642. The van der Waals surface area contributed by atoms with Crippen molar-refractivity contribution in [3.05, 3.63) is 26.6 Å². The molecule has 2 heterocycles. The van der Waals surface area contributed by atoms with Crippen molar-refractivity contribution in [1.29, 1.82) is 0 Å². The summed E-state index contributed by atoms with van der Waals surface area (Å²) in [7, 11) is 1.76. The van der Waals surface area contributed by atoms with Crippen LogP contribution in [-0.2, 0) is 7.05 Å². The van der Waals surface area contributed by atoms with Crippen LogP contribution in [-0.4, -0.2) is 9.55 Å². The summed E-state index contributed by atoms with van der Waals surface area (Å²) in [5, 5.41) is 0.778. The fraction of sp³-hybridized carbons (Fsp3) is 0.400. The normalized spacial score (nSPS) is 11.1. The van der Waals surface area contributed by atoms with Crippen molar-refractivity contribution in [1.82, 2.24) is 9.55 Å². The van der Waals surface area contributed by atoms with E-state index in [1.165, 1.54) is 4.88 Å². The number of nitrogens with zero attached hydrogens (tertiary/aromatic N) is 2. The average Bonchev–Trinajstić information content (AvgIpc) is 2.39. The zero-order chi connectivity index (χ0) is 10.5. The molecule has 0 spiro atoms. The van der Waals surface area contributed by atoms with Crippen LogP contribution in [0.15, 0.2) is 4.79 Å². The van der Waals surface area contributed by atoms with Crippen LogP contribution in [0, 0.1) is 20.8 Å². The van der Waals surface area contributed by atoms with Crippen molar-refractivity contribution in [2.24, 2.45) is 7.05 Å². The predicted octanol–water partition coefficient (Wildman–Crippen LogP) is 1.92. The highest BCUT2D eigenvalue weighted by Gasteiger charge is 2.12. The molecule has 2 aromatic heterocycles. The second-order valence-electron chi connectivity index (χ2n) is 3.49. The van der Waals surface area contributed by atoms with Gasteiger partial charge in [-0.3, -0.25) is 9.36 Å². The summed E-state index contributed by atoms with van der Waals surface area (Å²) in [6, 6.07) is 0. The van der Waals surface area contributed by atoms with E-state index in [-0.39, 0.29) is 5.56 Å². The Morgan fingerprint density at radius 3 is 2.57 bits per heavy atom. The van der Waals surface area contributed by atoms with Gasteiger partial charge in [0, 0.05) is 11.9 Å². The largest absolute Gasteiger partial charge is 0.299 e. The van der Waals surface area contributed by atoms with E-state index in [0.29, 0.717) is 0 Å². The van der Waals surface area contributed by atoms with Gasteiger partial charge in [-0.1, -0.05) is 0 Å². The molecule has 2 rings (SSSR count). The Morgan fingerprint density at radius 1 is 1.29 bits per heavy atom. The van der Waals surface area contributed by atoms with Crippen LogP contribution >= 0.6 is 11.3 Å². The smallest absolute Gasteiger partial charge is 0.262 e. The summed E-state index contributed by atoms with van der Waals surface area (Å²) in [6.07, 6.45) is 0. The lowest BCUT2D eigenvalue weighted by Gasteiger charge is -2.01. The molecular weight excluding hydrogens is 196 g/mol. The van der Waals surface area contributed by atoms with Crippen molar-refractivity contribution >= 4 is 21.6 Å². The van der Waals surface area contributed by atoms with Gasteiger partial charge in [0.05, 0.1) is 5.39 Å². The number of aryl methyl sites for hydroxylation is 3. The first-order valence-electron chi connectivity index (χ1n) is 4.45. The molecule has 0 fully saturated rings. The third kappa shape index (κ3) is 1.10. The van der Waals surface area contributed by atoms with Crippen LogP contribution in [0.25, 0.3) is 10.2 Å². The maximum atomic E-state index is 11.9. The fourth-order valence-electron chi connectivity index (χ4n) is 1.48. The highest BCUT2D eigenvalue weighted by atomic mass is 32.1. The van der Waals surface area contributed by atoms with E-state index in [2.05, 4.69) is 4.98 Å². The van der Waals surface area contributed by atoms with Crippen LogP contribution in [0.2, 0.25) is 0 Å². The van der Waals surface area contributed by atoms with Gasteiger partial charge >= 0.3 is 0 Å². The predicted molar refractivity (Wildman–Crippen MR) is 59.1 cm³/mol. The van der Waals surface area contributed by atoms with Gasteiger partial charge in [0.25, 0.3) is 5.56 Å². The van der Waals surface area contributed by atoms with Crippen LogP contribution in [0.5, 0.6) is 0 Å². The topological polar surface area (TPSA) is 34.9 Å². The van der Waals surface area contributed by atoms with Crippen molar-refractivity contribution in [3.63, 3.8) is 0 Å². The molecule has 74 valence electrons. The third-order valence-corrected chi connectivity index (χ3v) is 3.74. The van der Waals surface area contributed by atoms with Crippen LogP contribution in [0.3, 0.4) is 0 Å². The quantitative estimate of drug-likeness (QED) is 0.663. The number of hydrogen-bond donors (Lipinski definition) is 0. The number of thiophene rings is 1. The Morgan fingerprint density at radius 2 is 1.93 bits per heavy atom. The Kier molecular flexibility index (Phi) is 1.96. The van der Waals surface area contributed by atoms with Crippen LogP contribution < -0.4 is 5.56 Å². The highest BCUT2D eigenvalue weighted by Crippen LogP contribution is 2.25. The van der Waals surface area contributed by atoms with Gasteiger partial charge < -0.3 is 0 Å². The Balaban J connectivity index is 3.07. The van der Waals surface area contributed by atoms with Crippen molar-refractivity contribution in [3.8, 4) is 0 Å². The molecule has 0 unspecified atom stereocenters. The second-order valence-corrected chi connectivity index (χ2v) is 4.69. The van der Waals surface area contributed by atoms with Gasteiger partial charge in [-0.2, -0.15) is 0 Å². The van der Waals surface area contributed by atoms with Crippen molar-refractivity contribution in [2.75, 3.05) is 0 Å². The second kappa shape index (κ2) is 2.92. The Labute approximate surface area is 86.0 Å². The fourth-order valence-corrected chi connectivity index (χ4v) is 2.54. The maximum absolute atomic E-state index is 11.9. The van der Waals surface area contributed by atoms with Gasteiger partial charge in [-0.05, 0) is 26.3 Å². The van der Waals surface area contributed by atoms with E-state index in [1.807, 2.05) is 20.8 Å². The SMILES string of the molecule is Cc1sc2nc(C)n(C)c(=O)c2c1C. The summed E-state index contributed by atoms with van der Waals surface area (Å²) in [5.41, 5.74) is 1.13. The van der Waals surface area contributed by atoms with Crippen molar-refractivity contribution < 1.29 is 0 Å². The van der Waals surface area contributed by atoms with E-state index < -0.39 is 0 Å². The Bertz CT molecular complexity index is 565. The summed E-state index contributed by atoms with van der Waals surface area (Å²) >= 11 is 1.59. The van der Waals surface area contributed by atoms with Gasteiger partial charge in [0.2, 0.25) is 0 Å². The van der Waals surface area contributed by atoms with Gasteiger partial charge in [-0.15, -0.1) is 11.3 Å². The molecule has 0 radical (unpaired) electrons. The minimum Gasteiger partial charge on any atom is -0.299 e. The molecule has 0 N–H and O–H groups in total. The van der Waals surface area contributed by atoms with Gasteiger partial charge in [0.1, 0.15) is 10.7 Å². The summed E-state index contributed by atoms with van der Waals surface area (Å²) < 4.78 is 1.60.